The highest BCUT2D eigenvalue weighted by atomic mass is 16.5. The predicted octanol–water partition coefficient (Wildman–Crippen LogP) is -0.178. The van der Waals surface area contributed by atoms with Gasteiger partial charge in [0.25, 0.3) is 0 Å². The van der Waals surface area contributed by atoms with Gasteiger partial charge < -0.3 is 20.3 Å². The third-order valence-corrected chi connectivity index (χ3v) is 3.32. The SMILES string of the molecule is CCOC1CCCN(C(CO)C(N)COC)C1. The van der Waals surface area contributed by atoms with Gasteiger partial charge in [-0.25, -0.2) is 0 Å². The van der Waals surface area contributed by atoms with Crippen LogP contribution in [0.4, 0.5) is 0 Å². The van der Waals surface area contributed by atoms with Crippen molar-refractivity contribution >= 4 is 0 Å². The summed E-state index contributed by atoms with van der Waals surface area (Å²) < 4.78 is 10.7. The zero-order chi connectivity index (χ0) is 12.7. The van der Waals surface area contributed by atoms with Crippen LogP contribution >= 0.6 is 0 Å². The third kappa shape index (κ3) is 4.52. The van der Waals surface area contributed by atoms with E-state index in [-0.39, 0.29) is 24.8 Å². The lowest BCUT2D eigenvalue weighted by molar-refractivity contribution is -0.0249. The molecule has 0 amide bonds. The Hall–Kier alpha value is -0.200. The van der Waals surface area contributed by atoms with Gasteiger partial charge in [-0.2, -0.15) is 0 Å². The van der Waals surface area contributed by atoms with E-state index in [1.54, 1.807) is 7.11 Å². The fourth-order valence-corrected chi connectivity index (χ4v) is 2.46. The molecular weight excluding hydrogens is 220 g/mol. The quantitative estimate of drug-likeness (QED) is 0.652. The summed E-state index contributed by atoms with van der Waals surface area (Å²) in [5, 5.41) is 9.47. The lowest BCUT2D eigenvalue weighted by Crippen LogP contribution is -2.56. The molecule has 0 aromatic carbocycles. The summed E-state index contributed by atoms with van der Waals surface area (Å²) in [5.74, 6) is 0. The van der Waals surface area contributed by atoms with Crippen molar-refractivity contribution in [3.05, 3.63) is 0 Å². The summed E-state index contributed by atoms with van der Waals surface area (Å²) >= 11 is 0. The van der Waals surface area contributed by atoms with Crippen LogP contribution in [0.2, 0.25) is 0 Å². The average Bonchev–Trinajstić information content (AvgIpc) is 2.31. The molecule has 0 spiro atoms. The normalized spacial score (nSPS) is 25.8. The summed E-state index contributed by atoms with van der Waals surface area (Å²) in [5.41, 5.74) is 6.02. The number of methoxy groups -OCH3 is 1. The molecule has 0 aliphatic carbocycles. The van der Waals surface area contributed by atoms with Crippen LogP contribution in [-0.2, 0) is 9.47 Å². The van der Waals surface area contributed by atoms with Crippen LogP contribution in [0.5, 0.6) is 0 Å². The number of rotatable bonds is 7. The van der Waals surface area contributed by atoms with Gasteiger partial charge in [0.2, 0.25) is 0 Å². The third-order valence-electron chi connectivity index (χ3n) is 3.32. The minimum atomic E-state index is -0.148. The van der Waals surface area contributed by atoms with Crippen molar-refractivity contribution in [3.8, 4) is 0 Å². The molecule has 1 heterocycles. The second kappa shape index (κ2) is 8.00. The van der Waals surface area contributed by atoms with Crippen LogP contribution in [0.3, 0.4) is 0 Å². The van der Waals surface area contributed by atoms with Crippen LogP contribution in [0.15, 0.2) is 0 Å². The van der Waals surface area contributed by atoms with Gasteiger partial charge in [0.15, 0.2) is 0 Å². The largest absolute Gasteiger partial charge is 0.395 e. The second-order valence-electron chi connectivity index (χ2n) is 4.58. The average molecular weight is 246 g/mol. The van der Waals surface area contributed by atoms with Crippen molar-refractivity contribution in [2.45, 2.75) is 38.0 Å². The lowest BCUT2D eigenvalue weighted by atomic mass is 10.0. The Bertz CT molecular complexity index is 202. The van der Waals surface area contributed by atoms with Crippen LogP contribution in [0.1, 0.15) is 19.8 Å². The van der Waals surface area contributed by atoms with E-state index in [1.165, 1.54) is 0 Å². The number of piperidine rings is 1. The van der Waals surface area contributed by atoms with Gasteiger partial charge in [0.1, 0.15) is 0 Å². The Balaban J connectivity index is 2.49. The monoisotopic (exact) mass is 246 g/mol. The van der Waals surface area contributed by atoms with Crippen molar-refractivity contribution in [1.29, 1.82) is 0 Å². The zero-order valence-electron chi connectivity index (χ0n) is 11.0. The molecular formula is C12H26N2O3. The van der Waals surface area contributed by atoms with Gasteiger partial charge in [0.05, 0.1) is 25.4 Å². The van der Waals surface area contributed by atoms with Crippen LogP contribution < -0.4 is 5.73 Å². The molecule has 3 N–H and O–H groups in total. The Morgan fingerprint density at radius 3 is 2.88 bits per heavy atom. The molecule has 1 rings (SSSR count). The highest BCUT2D eigenvalue weighted by Gasteiger charge is 2.29. The van der Waals surface area contributed by atoms with E-state index in [2.05, 4.69) is 4.90 Å². The smallest absolute Gasteiger partial charge is 0.0702 e. The number of aliphatic hydroxyl groups excluding tert-OH is 1. The van der Waals surface area contributed by atoms with Crippen molar-refractivity contribution < 1.29 is 14.6 Å². The summed E-state index contributed by atoms with van der Waals surface area (Å²) in [7, 11) is 1.63. The summed E-state index contributed by atoms with van der Waals surface area (Å²) in [6.45, 7) is 5.14. The first-order valence-electron chi connectivity index (χ1n) is 6.43. The molecule has 5 nitrogen and oxygen atoms in total. The molecule has 0 bridgehead atoms. The maximum atomic E-state index is 9.47. The van der Waals surface area contributed by atoms with Crippen LogP contribution in [-0.4, -0.2) is 68.2 Å². The van der Waals surface area contributed by atoms with E-state index < -0.39 is 0 Å². The molecule has 0 radical (unpaired) electrons. The number of aliphatic hydroxyl groups is 1. The minimum Gasteiger partial charge on any atom is -0.395 e. The van der Waals surface area contributed by atoms with E-state index in [0.29, 0.717) is 6.61 Å². The molecule has 1 aliphatic rings. The number of hydrogen-bond acceptors (Lipinski definition) is 5. The highest BCUT2D eigenvalue weighted by molar-refractivity contribution is 4.85. The van der Waals surface area contributed by atoms with E-state index in [1.807, 2.05) is 6.92 Å². The van der Waals surface area contributed by atoms with E-state index >= 15 is 0 Å². The number of nitrogens with zero attached hydrogens (tertiary/aromatic N) is 1. The maximum Gasteiger partial charge on any atom is 0.0702 e. The van der Waals surface area contributed by atoms with Gasteiger partial charge in [-0.3, -0.25) is 4.90 Å². The highest BCUT2D eigenvalue weighted by Crippen LogP contribution is 2.17. The molecule has 5 heteroatoms. The second-order valence-corrected chi connectivity index (χ2v) is 4.58. The molecule has 102 valence electrons. The van der Waals surface area contributed by atoms with Gasteiger partial charge in [0, 0.05) is 26.3 Å². The molecule has 0 aromatic rings. The van der Waals surface area contributed by atoms with Crippen molar-refractivity contribution in [1.82, 2.24) is 4.90 Å². The summed E-state index contributed by atoms with van der Waals surface area (Å²) in [4.78, 5) is 2.23. The first-order chi connectivity index (χ1) is 8.22. The van der Waals surface area contributed by atoms with Gasteiger partial charge in [-0.05, 0) is 26.3 Å². The number of ether oxygens (including phenoxy) is 2. The van der Waals surface area contributed by atoms with Crippen molar-refractivity contribution in [3.63, 3.8) is 0 Å². The molecule has 1 aliphatic heterocycles. The van der Waals surface area contributed by atoms with Crippen LogP contribution in [0.25, 0.3) is 0 Å². The lowest BCUT2D eigenvalue weighted by Gasteiger charge is -2.39. The number of hydrogen-bond donors (Lipinski definition) is 2. The zero-order valence-corrected chi connectivity index (χ0v) is 11.0. The fourth-order valence-electron chi connectivity index (χ4n) is 2.46. The first kappa shape index (κ1) is 14.9. The van der Waals surface area contributed by atoms with Gasteiger partial charge in [-0.15, -0.1) is 0 Å². The van der Waals surface area contributed by atoms with E-state index in [9.17, 15) is 5.11 Å². The van der Waals surface area contributed by atoms with Gasteiger partial charge >= 0.3 is 0 Å². The predicted molar refractivity (Wildman–Crippen MR) is 66.9 cm³/mol. The van der Waals surface area contributed by atoms with E-state index in [4.69, 9.17) is 15.2 Å². The number of nitrogens with two attached hydrogens (primary N) is 1. The molecule has 1 saturated heterocycles. The molecule has 0 saturated carbocycles. The molecule has 0 aromatic heterocycles. The first-order valence-corrected chi connectivity index (χ1v) is 6.43. The standard InChI is InChI=1S/C12H26N2O3/c1-3-17-10-5-4-6-14(7-10)12(8-15)11(13)9-16-2/h10-12,15H,3-9,13H2,1-2H3. The minimum absolute atomic E-state index is 0.0294. The Kier molecular flexibility index (Phi) is 6.99. The molecule has 1 fully saturated rings. The Morgan fingerprint density at radius 1 is 1.53 bits per heavy atom. The van der Waals surface area contributed by atoms with Crippen molar-refractivity contribution in [2.24, 2.45) is 5.73 Å². The summed E-state index contributed by atoms with van der Waals surface area (Å²) in [6.07, 6.45) is 2.47. The Labute approximate surface area is 104 Å². The summed E-state index contributed by atoms with van der Waals surface area (Å²) in [6, 6.07) is -0.177. The fraction of sp³-hybridized carbons (Fsp3) is 1.00. The number of likely N-dealkylation sites (tertiary alicyclic amines) is 1. The Morgan fingerprint density at radius 2 is 2.29 bits per heavy atom. The molecule has 3 atom stereocenters. The maximum absolute atomic E-state index is 9.47. The molecule has 3 unspecified atom stereocenters. The van der Waals surface area contributed by atoms with E-state index in [0.717, 1.165) is 32.5 Å². The van der Waals surface area contributed by atoms with Gasteiger partial charge in [-0.1, -0.05) is 0 Å². The van der Waals surface area contributed by atoms with Crippen molar-refractivity contribution in [2.75, 3.05) is 40.0 Å². The van der Waals surface area contributed by atoms with Crippen LogP contribution in [0, 0.1) is 0 Å². The topological polar surface area (TPSA) is 68.0 Å². The molecule has 17 heavy (non-hydrogen) atoms.